The molecule has 2 aliphatic rings. The van der Waals surface area contributed by atoms with Crippen LogP contribution < -0.4 is 5.73 Å². The molecule has 3 heteroatoms. The van der Waals surface area contributed by atoms with Crippen molar-refractivity contribution in [2.24, 2.45) is 5.73 Å². The molecule has 1 saturated carbocycles. The van der Waals surface area contributed by atoms with E-state index in [9.17, 15) is 0 Å². The predicted molar refractivity (Wildman–Crippen MR) is 80.6 cm³/mol. The Morgan fingerprint density at radius 3 is 2.89 bits per heavy atom. The third-order valence-electron chi connectivity index (χ3n) is 4.21. The average molecular weight is 277 g/mol. The van der Waals surface area contributed by atoms with E-state index in [1.165, 1.54) is 29.7 Å². The van der Waals surface area contributed by atoms with Gasteiger partial charge in [0.15, 0.2) is 0 Å². The van der Waals surface area contributed by atoms with E-state index < -0.39 is 0 Å². The monoisotopic (exact) mass is 277 g/mol. The van der Waals surface area contributed by atoms with Crippen molar-refractivity contribution in [1.82, 2.24) is 0 Å². The number of ether oxygens (including phenoxy) is 1. The van der Waals surface area contributed by atoms with Crippen LogP contribution in [0.1, 0.15) is 37.7 Å². The first-order chi connectivity index (χ1) is 9.33. The molecule has 0 spiro atoms. The zero-order chi connectivity index (χ0) is 13.1. The molecular weight excluding hydrogens is 254 g/mol. The lowest BCUT2D eigenvalue weighted by atomic mass is 10.1. The number of thioether (sulfide) groups is 1. The minimum Gasteiger partial charge on any atom is -0.375 e. The van der Waals surface area contributed by atoms with Crippen LogP contribution in [-0.4, -0.2) is 24.0 Å². The molecule has 3 rings (SSSR count). The summed E-state index contributed by atoms with van der Waals surface area (Å²) in [6.45, 7) is 0.845. The Kier molecular flexibility index (Phi) is 4.46. The fraction of sp³-hybridized carbons (Fsp3) is 0.625. The lowest BCUT2D eigenvalue weighted by Crippen LogP contribution is -2.37. The van der Waals surface area contributed by atoms with Crippen molar-refractivity contribution < 1.29 is 4.74 Å². The van der Waals surface area contributed by atoms with Gasteiger partial charge in [-0.15, -0.1) is 11.8 Å². The topological polar surface area (TPSA) is 35.2 Å². The fourth-order valence-corrected chi connectivity index (χ4v) is 4.32. The summed E-state index contributed by atoms with van der Waals surface area (Å²) in [5.41, 5.74) is 7.69. The summed E-state index contributed by atoms with van der Waals surface area (Å²) in [5, 5.41) is 0.577. The van der Waals surface area contributed by atoms with Crippen LogP contribution in [0.4, 0.5) is 0 Å². The highest BCUT2D eigenvalue weighted by atomic mass is 32.2. The largest absolute Gasteiger partial charge is 0.375 e. The van der Waals surface area contributed by atoms with Crippen LogP contribution in [0.3, 0.4) is 0 Å². The number of nitrogens with two attached hydrogens (primary N) is 1. The first-order valence-electron chi connectivity index (χ1n) is 7.44. The molecular formula is C16H23NOS. The number of hydrogen-bond acceptors (Lipinski definition) is 3. The van der Waals surface area contributed by atoms with Gasteiger partial charge in [-0.25, -0.2) is 0 Å². The molecule has 3 atom stereocenters. The van der Waals surface area contributed by atoms with E-state index in [0.29, 0.717) is 5.25 Å². The summed E-state index contributed by atoms with van der Waals surface area (Å²) >= 11 is 1.97. The van der Waals surface area contributed by atoms with Crippen LogP contribution in [0.25, 0.3) is 0 Å². The second kappa shape index (κ2) is 6.29. The van der Waals surface area contributed by atoms with E-state index in [2.05, 4.69) is 24.3 Å². The molecule has 0 aromatic heterocycles. The highest BCUT2D eigenvalue weighted by Crippen LogP contribution is 2.37. The Bertz CT molecular complexity index is 398. The summed E-state index contributed by atoms with van der Waals surface area (Å²) < 4.78 is 6.14. The van der Waals surface area contributed by atoms with Crippen LogP contribution in [0, 0.1) is 0 Å². The van der Waals surface area contributed by atoms with Crippen molar-refractivity contribution in [1.29, 1.82) is 0 Å². The SMILES string of the molecule is NC1CCCCCC1OCC1Cc2ccccc2S1. The predicted octanol–water partition coefficient (Wildman–Crippen LogP) is 3.38. The molecule has 2 nitrogen and oxygen atoms in total. The first-order valence-corrected chi connectivity index (χ1v) is 8.32. The maximum atomic E-state index is 6.22. The molecule has 1 fully saturated rings. The van der Waals surface area contributed by atoms with Crippen LogP contribution in [0.5, 0.6) is 0 Å². The molecule has 0 amide bonds. The lowest BCUT2D eigenvalue weighted by Gasteiger charge is -2.23. The Labute approximate surface area is 120 Å². The van der Waals surface area contributed by atoms with Crippen molar-refractivity contribution >= 4 is 11.8 Å². The van der Waals surface area contributed by atoms with Gasteiger partial charge in [0, 0.05) is 16.2 Å². The number of benzene rings is 1. The first kappa shape index (κ1) is 13.5. The zero-order valence-electron chi connectivity index (χ0n) is 11.4. The Balaban J connectivity index is 1.51. The standard InChI is InChI=1S/C16H23NOS/c17-14-7-2-1-3-8-15(14)18-11-13-10-12-6-4-5-9-16(12)19-13/h4-6,9,13-15H,1-3,7-8,10-11,17H2. The zero-order valence-corrected chi connectivity index (χ0v) is 12.2. The summed E-state index contributed by atoms with van der Waals surface area (Å²) in [4.78, 5) is 1.43. The molecule has 1 aromatic carbocycles. The van der Waals surface area contributed by atoms with Crippen LogP contribution in [0.2, 0.25) is 0 Å². The van der Waals surface area contributed by atoms with E-state index in [4.69, 9.17) is 10.5 Å². The van der Waals surface area contributed by atoms with Gasteiger partial charge in [-0.05, 0) is 30.9 Å². The second-order valence-electron chi connectivity index (χ2n) is 5.73. The molecule has 1 heterocycles. The van der Waals surface area contributed by atoms with Gasteiger partial charge in [0.25, 0.3) is 0 Å². The van der Waals surface area contributed by atoms with Gasteiger partial charge >= 0.3 is 0 Å². The third kappa shape index (κ3) is 3.33. The van der Waals surface area contributed by atoms with Crippen molar-refractivity contribution in [3.63, 3.8) is 0 Å². The van der Waals surface area contributed by atoms with Gasteiger partial charge < -0.3 is 10.5 Å². The molecule has 1 aromatic rings. The molecule has 0 saturated heterocycles. The molecule has 0 radical (unpaired) electrons. The molecule has 0 bridgehead atoms. The Morgan fingerprint density at radius 2 is 2.00 bits per heavy atom. The van der Waals surface area contributed by atoms with Gasteiger partial charge in [0.05, 0.1) is 12.7 Å². The van der Waals surface area contributed by atoms with Gasteiger partial charge in [0.1, 0.15) is 0 Å². The normalized spacial score (nSPS) is 30.9. The van der Waals surface area contributed by atoms with E-state index in [1.54, 1.807) is 0 Å². The second-order valence-corrected chi connectivity index (χ2v) is 7.07. The van der Waals surface area contributed by atoms with Crippen molar-refractivity contribution in [2.45, 2.75) is 60.8 Å². The molecule has 104 valence electrons. The molecule has 1 aliphatic heterocycles. The van der Waals surface area contributed by atoms with E-state index in [1.807, 2.05) is 11.8 Å². The van der Waals surface area contributed by atoms with E-state index >= 15 is 0 Å². The number of hydrogen-bond donors (Lipinski definition) is 1. The molecule has 2 N–H and O–H groups in total. The maximum absolute atomic E-state index is 6.22. The quantitative estimate of drug-likeness (QED) is 0.860. The van der Waals surface area contributed by atoms with Crippen LogP contribution in [0.15, 0.2) is 29.2 Å². The minimum absolute atomic E-state index is 0.247. The Hall–Kier alpha value is -0.510. The van der Waals surface area contributed by atoms with Gasteiger partial charge in [-0.3, -0.25) is 0 Å². The summed E-state index contributed by atoms with van der Waals surface area (Å²) in [6.07, 6.45) is 7.56. The fourth-order valence-electron chi connectivity index (χ4n) is 3.09. The van der Waals surface area contributed by atoms with Crippen LogP contribution in [-0.2, 0) is 11.2 Å². The van der Waals surface area contributed by atoms with Crippen molar-refractivity contribution in [3.05, 3.63) is 29.8 Å². The molecule has 3 unspecified atom stereocenters. The average Bonchev–Trinajstić information content (AvgIpc) is 2.73. The summed E-state index contributed by atoms with van der Waals surface area (Å²) in [7, 11) is 0. The Morgan fingerprint density at radius 1 is 1.16 bits per heavy atom. The highest BCUT2D eigenvalue weighted by molar-refractivity contribution is 8.00. The summed E-state index contributed by atoms with van der Waals surface area (Å²) in [6, 6.07) is 8.95. The van der Waals surface area contributed by atoms with Crippen molar-refractivity contribution in [3.8, 4) is 0 Å². The smallest absolute Gasteiger partial charge is 0.0726 e. The lowest BCUT2D eigenvalue weighted by molar-refractivity contribution is 0.0325. The molecule has 1 aliphatic carbocycles. The summed E-state index contributed by atoms with van der Waals surface area (Å²) in [5.74, 6) is 0. The minimum atomic E-state index is 0.247. The van der Waals surface area contributed by atoms with Crippen LogP contribution >= 0.6 is 11.8 Å². The van der Waals surface area contributed by atoms with E-state index in [0.717, 1.165) is 25.9 Å². The van der Waals surface area contributed by atoms with Gasteiger partial charge in [0.2, 0.25) is 0 Å². The highest BCUT2D eigenvalue weighted by Gasteiger charge is 2.25. The number of rotatable bonds is 3. The van der Waals surface area contributed by atoms with Gasteiger partial charge in [-0.1, -0.05) is 37.5 Å². The number of fused-ring (bicyclic) bond motifs is 1. The van der Waals surface area contributed by atoms with E-state index in [-0.39, 0.29) is 12.1 Å². The molecule has 19 heavy (non-hydrogen) atoms. The van der Waals surface area contributed by atoms with Crippen molar-refractivity contribution in [2.75, 3.05) is 6.61 Å². The van der Waals surface area contributed by atoms with Gasteiger partial charge in [-0.2, -0.15) is 0 Å². The maximum Gasteiger partial charge on any atom is 0.0726 e. The third-order valence-corrected chi connectivity index (χ3v) is 5.50.